The molecule has 0 atom stereocenters. The number of hydrogen-bond acceptors (Lipinski definition) is 4. The van der Waals surface area contributed by atoms with E-state index in [1.807, 2.05) is 0 Å². The number of hydrogen-bond donors (Lipinski definition) is 1. The highest BCUT2D eigenvalue weighted by atomic mass is 32.2. The number of aryl methyl sites for hydroxylation is 2. The minimum Gasteiger partial charge on any atom is -0.478 e. The quantitative estimate of drug-likeness (QED) is 0.810. The van der Waals surface area contributed by atoms with Crippen LogP contribution in [0.2, 0.25) is 0 Å². The van der Waals surface area contributed by atoms with Crippen LogP contribution in [0, 0.1) is 13.8 Å². The van der Waals surface area contributed by atoms with Gasteiger partial charge >= 0.3 is 5.97 Å². The van der Waals surface area contributed by atoms with Gasteiger partial charge in [-0.25, -0.2) is 18.2 Å². The van der Waals surface area contributed by atoms with Crippen LogP contribution < -0.4 is 0 Å². The van der Waals surface area contributed by atoms with Crippen molar-refractivity contribution < 1.29 is 18.3 Å². The molecular weight excluding hydrogens is 218 g/mol. The van der Waals surface area contributed by atoms with E-state index in [4.69, 9.17) is 5.11 Å². The number of aromatic nitrogens is 1. The van der Waals surface area contributed by atoms with Crippen molar-refractivity contribution in [1.29, 1.82) is 0 Å². The van der Waals surface area contributed by atoms with Crippen molar-refractivity contribution in [1.82, 2.24) is 4.98 Å². The van der Waals surface area contributed by atoms with Crippen LogP contribution in [-0.2, 0) is 9.84 Å². The molecule has 6 heteroatoms. The summed E-state index contributed by atoms with van der Waals surface area (Å²) in [6.45, 7) is 3.17. The lowest BCUT2D eigenvalue weighted by molar-refractivity contribution is 0.0691. The molecule has 1 aromatic rings. The third kappa shape index (κ3) is 2.33. The maximum absolute atomic E-state index is 11.3. The van der Waals surface area contributed by atoms with E-state index in [9.17, 15) is 13.2 Å². The average molecular weight is 229 g/mol. The molecular formula is C9H11NO4S. The largest absolute Gasteiger partial charge is 0.478 e. The summed E-state index contributed by atoms with van der Waals surface area (Å²) < 4.78 is 22.7. The summed E-state index contributed by atoms with van der Waals surface area (Å²) in [5, 5.41) is 8.53. The van der Waals surface area contributed by atoms with Crippen LogP contribution in [0.25, 0.3) is 0 Å². The fourth-order valence-electron chi connectivity index (χ4n) is 1.33. The fraction of sp³-hybridized carbons (Fsp3) is 0.333. The second-order valence-electron chi connectivity index (χ2n) is 3.34. The van der Waals surface area contributed by atoms with E-state index in [2.05, 4.69) is 4.98 Å². The zero-order valence-corrected chi connectivity index (χ0v) is 9.42. The first kappa shape index (κ1) is 11.6. The van der Waals surface area contributed by atoms with Crippen LogP contribution in [0.3, 0.4) is 0 Å². The molecule has 82 valence electrons. The molecule has 1 heterocycles. The zero-order valence-electron chi connectivity index (χ0n) is 8.60. The van der Waals surface area contributed by atoms with E-state index < -0.39 is 15.8 Å². The van der Waals surface area contributed by atoms with E-state index >= 15 is 0 Å². The van der Waals surface area contributed by atoms with Gasteiger partial charge in [0.2, 0.25) is 0 Å². The van der Waals surface area contributed by atoms with Crippen molar-refractivity contribution >= 4 is 15.8 Å². The number of rotatable bonds is 2. The Hall–Kier alpha value is -1.43. The van der Waals surface area contributed by atoms with Crippen molar-refractivity contribution in [2.24, 2.45) is 0 Å². The topological polar surface area (TPSA) is 84.3 Å². The van der Waals surface area contributed by atoms with E-state index in [1.54, 1.807) is 13.8 Å². The molecule has 0 aliphatic heterocycles. The Labute approximate surface area is 87.7 Å². The first-order valence-corrected chi connectivity index (χ1v) is 6.04. The Morgan fingerprint density at radius 1 is 1.40 bits per heavy atom. The SMILES string of the molecule is Cc1cc(C)c(C(=O)O)c(S(C)(=O)=O)n1. The first-order valence-electron chi connectivity index (χ1n) is 4.15. The molecule has 1 N–H and O–H groups in total. The summed E-state index contributed by atoms with van der Waals surface area (Å²) in [5.41, 5.74) is 0.636. The third-order valence-electron chi connectivity index (χ3n) is 1.88. The van der Waals surface area contributed by atoms with E-state index in [0.29, 0.717) is 11.3 Å². The van der Waals surface area contributed by atoms with Crippen molar-refractivity contribution in [2.75, 3.05) is 6.26 Å². The normalized spacial score (nSPS) is 11.4. The molecule has 1 rings (SSSR count). The van der Waals surface area contributed by atoms with Crippen molar-refractivity contribution in [3.8, 4) is 0 Å². The summed E-state index contributed by atoms with van der Waals surface area (Å²) in [5.74, 6) is -1.28. The first-order chi connectivity index (χ1) is 6.73. The lowest BCUT2D eigenvalue weighted by atomic mass is 10.1. The Morgan fingerprint density at radius 3 is 2.33 bits per heavy atom. The highest BCUT2D eigenvalue weighted by Gasteiger charge is 2.22. The molecule has 0 amide bonds. The average Bonchev–Trinajstić information content (AvgIpc) is 1.99. The van der Waals surface area contributed by atoms with Gasteiger partial charge in [-0.3, -0.25) is 0 Å². The molecule has 0 bridgehead atoms. The van der Waals surface area contributed by atoms with E-state index in [0.717, 1.165) is 6.26 Å². The molecule has 15 heavy (non-hydrogen) atoms. The van der Waals surface area contributed by atoms with Gasteiger partial charge in [-0.1, -0.05) is 0 Å². The van der Waals surface area contributed by atoms with Crippen LogP contribution in [0.15, 0.2) is 11.1 Å². The van der Waals surface area contributed by atoms with Crippen LogP contribution >= 0.6 is 0 Å². The van der Waals surface area contributed by atoms with Gasteiger partial charge in [-0.15, -0.1) is 0 Å². The molecule has 0 saturated carbocycles. The minimum atomic E-state index is -3.62. The predicted molar refractivity (Wildman–Crippen MR) is 53.8 cm³/mol. The summed E-state index contributed by atoms with van der Waals surface area (Å²) >= 11 is 0. The number of nitrogens with zero attached hydrogens (tertiary/aromatic N) is 1. The number of carboxylic acid groups (broad SMARTS) is 1. The lowest BCUT2D eigenvalue weighted by Crippen LogP contribution is -2.12. The van der Waals surface area contributed by atoms with Gasteiger partial charge in [-0.05, 0) is 25.5 Å². The molecule has 0 aliphatic rings. The monoisotopic (exact) mass is 229 g/mol. The molecule has 0 fully saturated rings. The summed E-state index contributed by atoms with van der Waals surface area (Å²) in [6, 6.07) is 1.54. The number of carboxylic acids is 1. The summed E-state index contributed by atoms with van der Waals surface area (Å²) in [4.78, 5) is 14.7. The second-order valence-corrected chi connectivity index (χ2v) is 5.27. The van der Waals surface area contributed by atoms with Gasteiger partial charge in [0, 0.05) is 11.9 Å². The van der Waals surface area contributed by atoms with Gasteiger partial charge in [0.25, 0.3) is 0 Å². The van der Waals surface area contributed by atoms with Crippen LogP contribution in [0.5, 0.6) is 0 Å². The maximum Gasteiger partial charge on any atom is 0.338 e. The molecule has 0 radical (unpaired) electrons. The van der Waals surface area contributed by atoms with Crippen molar-refractivity contribution in [2.45, 2.75) is 18.9 Å². The Kier molecular flexibility index (Phi) is 2.81. The predicted octanol–water partition coefficient (Wildman–Crippen LogP) is 0.800. The Bertz CT molecular complexity index is 519. The number of aromatic carboxylic acids is 1. The second kappa shape index (κ2) is 3.62. The minimum absolute atomic E-state index is 0.247. The van der Waals surface area contributed by atoms with Gasteiger partial charge < -0.3 is 5.11 Å². The fourth-order valence-corrected chi connectivity index (χ4v) is 2.26. The molecule has 0 aromatic carbocycles. The van der Waals surface area contributed by atoms with E-state index in [1.165, 1.54) is 6.07 Å². The number of pyridine rings is 1. The number of sulfone groups is 1. The van der Waals surface area contributed by atoms with Crippen LogP contribution in [-0.4, -0.2) is 30.7 Å². The van der Waals surface area contributed by atoms with Gasteiger partial charge in [-0.2, -0.15) is 0 Å². The van der Waals surface area contributed by atoms with Gasteiger partial charge in [0.1, 0.15) is 0 Å². The Balaban J connectivity index is 3.70. The Morgan fingerprint density at radius 2 is 1.93 bits per heavy atom. The summed E-state index contributed by atoms with van der Waals surface area (Å²) in [7, 11) is -3.62. The van der Waals surface area contributed by atoms with Crippen molar-refractivity contribution in [3.63, 3.8) is 0 Å². The molecule has 0 saturated heterocycles. The third-order valence-corrected chi connectivity index (χ3v) is 2.87. The highest BCUT2D eigenvalue weighted by molar-refractivity contribution is 7.90. The molecule has 1 aromatic heterocycles. The molecule has 5 nitrogen and oxygen atoms in total. The lowest BCUT2D eigenvalue weighted by Gasteiger charge is -2.07. The van der Waals surface area contributed by atoms with Crippen LogP contribution in [0.4, 0.5) is 0 Å². The van der Waals surface area contributed by atoms with Gasteiger partial charge in [0.05, 0.1) is 5.56 Å². The standard InChI is InChI=1S/C9H11NO4S/c1-5-4-6(2)10-8(15(3,13)14)7(5)9(11)12/h4H,1-3H3,(H,11,12). The maximum atomic E-state index is 11.3. The molecule has 0 spiro atoms. The van der Waals surface area contributed by atoms with Crippen molar-refractivity contribution in [3.05, 3.63) is 22.9 Å². The molecule has 0 aliphatic carbocycles. The highest BCUT2D eigenvalue weighted by Crippen LogP contribution is 2.18. The smallest absolute Gasteiger partial charge is 0.338 e. The van der Waals surface area contributed by atoms with Gasteiger partial charge in [0.15, 0.2) is 14.9 Å². The van der Waals surface area contributed by atoms with Crippen LogP contribution in [0.1, 0.15) is 21.6 Å². The van der Waals surface area contributed by atoms with E-state index in [-0.39, 0.29) is 10.6 Å². The zero-order chi connectivity index (χ0) is 11.8. The molecule has 0 unspecified atom stereocenters. The number of carbonyl (C=O) groups is 1. The summed E-state index contributed by atoms with van der Waals surface area (Å²) in [6.07, 6.45) is 0.945.